The Labute approximate surface area is 77.4 Å². The summed E-state index contributed by atoms with van der Waals surface area (Å²) in [6.45, 7) is 0. The minimum Gasteiger partial charge on any atom is -0.207 e. The van der Waals surface area contributed by atoms with Crippen LogP contribution in [0.5, 0.6) is 0 Å². The molecule has 0 aliphatic heterocycles. The van der Waals surface area contributed by atoms with Gasteiger partial charge >= 0.3 is 0 Å². The molecular formula is C7H8BClO2S. The van der Waals surface area contributed by atoms with Crippen molar-refractivity contribution in [1.82, 2.24) is 0 Å². The van der Waals surface area contributed by atoms with Crippen molar-refractivity contribution in [3.05, 3.63) is 29.8 Å². The molecule has 0 radical (unpaired) electrons. The molecule has 0 saturated carbocycles. The summed E-state index contributed by atoms with van der Waals surface area (Å²) < 4.78 is 21.6. The molecule has 0 N–H and O–H groups in total. The standard InChI is InChI=1S/C7H8BClO2S/c8-5-6-1-3-7(4-2-6)12(9,10)11/h1-4H,5,8H2. The van der Waals surface area contributed by atoms with Crippen LogP contribution >= 0.6 is 10.7 Å². The van der Waals surface area contributed by atoms with Gasteiger partial charge in [-0.05, 0) is 12.1 Å². The molecule has 0 heterocycles. The highest BCUT2D eigenvalue weighted by atomic mass is 35.7. The van der Waals surface area contributed by atoms with Crippen LogP contribution in [-0.2, 0) is 15.4 Å². The molecule has 0 aliphatic rings. The molecule has 12 heavy (non-hydrogen) atoms. The smallest absolute Gasteiger partial charge is 0.207 e. The van der Waals surface area contributed by atoms with Crippen LogP contribution in [0.1, 0.15) is 5.56 Å². The molecule has 0 unspecified atom stereocenters. The molecule has 64 valence electrons. The van der Waals surface area contributed by atoms with Gasteiger partial charge in [0.15, 0.2) is 0 Å². The van der Waals surface area contributed by atoms with E-state index in [4.69, 9.17) is 10.7 Å². The number of halogens is 1. The van der Waals surface area contributed by atoms with E-state index in [9.17, 15) is 8.42 Å². The molecule has 1 aromatic rings. The summed E-state index contributed by atoms with van der Waals surface area (Å²) in [5.74, 6) is 0. The summed E-state index contributed by atoms with van der Waals surface area (Å²) in [7, 11) is 3.57. The minimum atomic E-state index is -3.56. The summed E-state index contributed by atoms with van der Waals surface area (Å²) >= 11 is 0. The topological polar surface area (TPSA) is 34.1 Å². The molecule has 1 rings (SSSR count). The van der Waals surface area contributed by atoms with Crippen LogP contribution in [-0.4, -0.2) is 16.3 Å². The lowest BCUT2D eigenvalue weighted by Crippen LogP contribution is -1.91. The monoisotopic (exact) mass is 202 g/mol. The van der Waals surface area contributed by atoms with Crippen LogP contribution in [0.4, 0.5) is 0 Å². The van der Waals surface area contributed by atoms with Gasteiger partial charge in [-0.3, -0.25) is 0 Å². The summed E-state index contributed by atoms with van der Waals surface area (Å²) in [5.41, 5.74) is 1.10. The van der Waals surface area contributed by atoms with Gasteiger partial charge in [-0.15, -0.1) is 0 Å². The average molecular weight is 202 g/mol. The van der Waals surface area contributed by atoms with Crippen LogP contribution in [0.2, 0.25) is 0 Å². The average Bonchev–Trinajstić information content (AvgIpc) is 2.03. The van der Waals surface area contributed by atoms with Crippen molar-refractivity contribution in [2.75, 3.05) is 0 Å². The van der Waals surface area contributed by atoms with E-state index < -0.39 is 9.05 Å². The molecule has 0 aliphatic carbocycles. The van der Waals surface area contributed by atoms with Gasteiger partial charge in [0.2, 0.25) is 0 Å². The Bertz CT molecular complexity index is 357. The molecule has 0 aromatic heterocycles. The second kappa shape index (κ2) is 3.50. The maximum absolute atomic E-state index is 10.8. The van der Waals surface area contributed by atoms with E-state index in [2.05, 4.69) is 0 Å². The molecule has 0 bridgehead atoms. The van der Waals surface area contributed by atoms with E-state index in [-0.39, 0.29) is 4.90 Å². The minimum absolute atomic E-state index is 0.154. The first kappa shape index (κ1) is 9.61. The Morgan fingerprint density at radius 3 is 2.08 bits per heavy atom. The second-order valence-electron chi connectivity index (χ2n) is 2.44. The Kier molecular flexibility index (Phi) is 2.80. The van der Waals surface area contributed by atoms with Crippen molar-refractivity contribution in [2.24, 2.45) is 0 Å². The van der Waals surface area contributed by atoms with Crippen LogP contribution in [0.25, 0.3) is 0 Å². The molecule has 2 nitrogen and oxygen atoms in total. The first-order chi connectivity index (χ1) is 5.54. The Morgan fingerprint density at radius 1 is 1.25 bits per heavy atom. The molecule has 0 fully saturated rings. The lowest BCUT2D eigenvalue weighted by atomic mass is 9.97. The van der Waals surface area contributed by atoms with E-state index in [1.807, 2.05) is 7.85 Å². The number of hydrogen-bond donors (Lipinski definition) is 0. The largest absolute Gasteiger partial charge is 0.261 e. The van der Waals surface area contributed by atoms with E-state index in [0.29, 0.717) is 0 Å². The Morgan fingerprint density at radius 2 is 1.75 bits per heavy atom. The predicted octanol–water partition coefficient (Wildman–Crippen LogP) is 0.747. The van der Waals surface area contributed by atoms with Crippen LogP contribution in [0, 0.1) is 0 Å². The lowest BCUT2D eigenvalue weighted by molar-refractivity contribution is 0.609. The molecule has 5 heteroatoms. The Hall–Kier alpha value is -0.475. The van der Waals surface area contributed by atoms with E-state index in [1.54, 1.807) is 12.1 Å². The fourth-order valence-corrected chi connectivity index (χ4v) is 1.66. The molecule has 0 atom stereocenters. The molecule has 0 saturated heterocycles. The number of rotatable bonds is 2. The van der Waals surface area contributed by atoms with Crippen molar-refractivity contribution in [2.45, 2.75) is 11.2 Å². The summed E-state index contributed by atoms with van der Waals surface area (Å²) in [6, 6.07) is 6.55. The van der Waals surface area contributed by atoms with Gasteiger partial charge in [-0.25, -0.2) is 8.42 Å². The van der Waals surface area contributed by atoms with E-state index >= 15 is 0 Å². The molecule has 0 amide bonds. The SMILES string of the molecule is BCc1ccc(S(=O)(=O)Cl)cc1. The highest BCUT2D eigenvalue weighted by Gasteiger charge is 2.07. The zero-order chi connectivity index (χ0) is 9.19. The summed E-state index contributed by atoms with van der Waals surface area (Å²) in [4.78, 5) is 0.154. The molecule has 0 spiro atoms. The van der Waals surface area contributed by atoms with Crippen LogP contribution < -0.4 is 0 Å². The first-order valence-corrected chi connectivity index (χ1v) is 5.88. The third-order valence-electron chi connectivity index (χ3n) is 1.61. The van der Waals surface area contributed by atoms with Gasteiger partial charge in [0.25, 0.3) is 9.05 Å². The second-order valence-corrected chi connectivity index (χ2v) is 5.00. The quantitative estimate of drug-likeness (QED) is 0.524. The fraction of sp³-hybridized carbons (Fsp3) is 0.143. The van der Waals surface area contributed by atoms with Gasteiger partial charge in [0.05, 0.1) is 4.90 Å². The van der Waals surface area contributed by atoms with E-state index in [0.717, 1.165) is 11.9 Å². The predicted molar refractivity (Wildman–Crippen MR) is 51.7 cm³/mol. The highest BCUT2D eigenvalue weighted by Crippen LogP contribution is 2.14. The normalized spacial score (nSPS) is 11.4. The van der Waals surface area contributed by atoms with Crippen LogP contribution in [0.3, 0.4) is 0 Å². The van der Waals surface area contributed by atoms with Gasteiger partial charge in [-0.2, -0.15) is 0 Å². The summed E-state index contributed by atoms with van der Waals surface area (Å²) in [5, 5.41) is 0. The molecule has 1 aromatic carbocycles. The van der Waals surface area contributed by atoms with Gasteiger partial charge in [-0.1, -0.05) is 24.0 Å². The number of hydrogen-bond acceptors (Lipinski definition) is 2. The maximum Gasteiger partial charge on any atom is 0.261 e. The lowest BCUT2D eigenvalue weighted by Gasteiger charge is -1.97. The van der Waals surface area contributed by atoms with Crippen molar-refractivity contribution >= 4 is 27.6 Å². The van der Waals surface area contributed by atoms with Gasteiger partial charge in [0.1, 0.15) is 7.85 Å². The Balaban J connectivity index is 3.09. The maximum atomic E-state index is 10.8. The molecular weight excluding hydrogens is 194 g/mol. The van der Waals surface area contributed by atoms with Crippen molar-refractivity contribution in [1.29, 1.82) is 0 Å². The van der Waals surface area contributed by atoms with Crippen molar-refractivity contribution in [3.8, 4) is 0 Å². The number of benzene rings is 1. The third kappa shape index (κ3) is 2.25. The van der Waals surface area contributed by atoms with Crippen molar-refractivity contribution < 1.29 is 8.42 Å². The first-order valence-electron chi connectivity index (χ1n) is 3.57. The van der Waals surface area contributed by atoms with Gasteiger partial charge in [0, 0.05) is 10.7 Å². The van der Waals surface area contributed by atoms with Crippen molar-refractivity contribution in [3.63, 3.8) is 0 Å². The summed E-state index contributed by atoms with van der Waals surface area (Å²) in [6.07, 6.45) is 0.891. The van der Waals surface area contributed by atoms with Crippen LogP contribution in [0.15, 0.2) is 29.2 Å². The third-order valence-corrected chi connectivity index (χ3v) is 2.98. The highest BCUT2D eigenvalue weighted by molar-refractivity contribution is 8.13. The van der Waals surface area contributed by atoms with Gasteiger partial charge < -0.3 is 0 Å². The fourth-order valence-electron chi connectivity index (χ4n) is 0.888. The zero-order valence-corrected chi connectivity index (χ0v) is 8.19. The van der Waals surface area contributed by atoms with E-state index in [1.165, 1.54) is 12.1 Å². The zero-order valence-electron chi connectivity index (χ0n) is 6.62.